The molecule has 0 saturated carbocycles. The van der Waals surface area contributed by atoms with Gasteiger partial charge in [-0.3, -0.25) is 10.1 Å². The van der Waals surface area contributed by atoms with E-state index in [4.69, 9.17) is 9.84 Å². The number of carbonyl (C=O) groups is 1. The van der Waals surface area contributed by atoms with Crippen LogP contribution in [0.5, 0.6) is 0 Å². The van der Waals surface area contributed by atoms with Crippen LogP contribution in [0, 0.1) is 21.8 Å². The number of carboxylic acids is 1. The summed E-state index contributed by atoms with van der Waals surface area (Å²) in [6, 6.07) is 1.59. The van der Waals surface area contributed by atoms with Gasteiger partial charge in [-0.05, 0) is 24.8 Å². The number of nitro benzene ring substituents is 1. The Bertz CT molecular complexity index is 558. The topological polar surface area (TPSA) is 102 Å². The van der Waals surface area contributed by atoms with E-state index in [1.807, 2.05) is 0 Å². The minimum atomic E-state index is -1.46. The highest BCUT2D eigenvalue weighted by Crippen LogP contribution is 2.28. The minimum Gasteiger partial charge on any atom is -0.478 e. The highest BCUT2D eigenvalue weighted by atomic mass is 19.1. The lowest BCUT2D eigenvalue weighted by Gasteiger charge is -2.11. The number of nitro groups is 1. The lowest BCUT2D eigenvalue weighted by atomic mass is 10.1. The molecule has 0 aromatic heterocycles. The molecule has 114 valence electrons. The van der Waals surface area contributed by atoms with E-state index >= 15 is 0 Å². The SMILES string of the molecule is O=C(O)c1cc(NCCC2CCOC2)c([N+](=O)[O-])cc1F. The molecule has 1 aliphatic heterocycles. The van der Waals surface area contributed by atoms with Gasteiger partial charge < -0.3 is 15.2 Å². The molecule has 1 aromatic carbocycles. The van der Waals surface area contributed by atoms with E-state index in [2.05, 4.69) is 5.32 Å². The van der Waals surface area contributed by atoms with Gasteiger partial charge in [0, 0.05) is 19.8 Å². The lowest BCUT2D eigenvalue weighted by molar-refractivity contribution is -0.384. The van der Waals surface area contributed by atoms with Crippen LogP contribution in [0.2, 0.25) is 0 Å². The lowest BCUT2D eigenvalue weighted by Crippen LogP contribution is -2.11. The molecule has 1 saturated heterocycles. The van der Waals surface area contributed by atoms with Gasteiger partial charge in [0.2, 0.25) is 0 Å². The largest absolute Gasteiger partial charge is 0.478 e. The van der Waals surface area contributed by atoms with Gasteiger partial charge in [0.15, 0.2) is 0 Å². The molecule has 1 heterocycles. The number of ether oxygens (including phenoxy) is 1. The minimum absolute atomic E-state index is 0.0118. The van der Waals surface area contributed by atoms with Crippen molar-refractivity contribution in [2.75, 3.05) is 25.1 Å². The molecule has 0 amide bonds. The number of anilines is 1. The zero-order valence-electron chi connectivity index (χ0n) is 11.2. The second kappa shape index (κ2) is 6.49. The van der Waals surface area contributed by atoms with Crippen molar-refractivity contribution in [2.45, 2.75) is 12.8 Å². The van der Waals surface area contributed by atoms with Crippen LogP contribution in [0.25, 0.3) is 0 Å². The normalized spacial score (nSPS) is 17.7. The predicted molar refractivity (Wildman–Crippen MR) is 72.0 cm³/mol. The first kappa shape index (κ1) is 15.2. The number of aromatic carboxylic acids is 1. The van der Waals surface area contributed by atoms with Crippen molar-refractivity contribution in [1.29, 1.82) is 0 Å². The van der Waals surface area contributed by atoms with Crippen LogP contribution in [0.4, 0.5) is 15.8 Å². The fourth-order valence-corrected chi connectivity index (χ4v) is 2.24. The van der Waals surface area contributed by atoms with Crippen molar-refractivity contribution >= 4 is 17.3 Å². The van der Waals surface area contributed by atoms with Gasteiger partial charge >= 0.3 is 5.97 Å². The quantitative estimate of drug-likeness (QED) is 0.617. The predicted octanol–water partition coefficient (Wildman–Crippen LogP) is 2.27. The molecule has 1 aromatic rings. The van der Waals surface area contributed by atoms with Gasteiger partial charge in [-0.15, -0.1) is 0 Å². The Labute approximate surface area is 119 Å². The standard InChI is InChI=1S/C13H15FN2O5/c14-10-6-12(16(19)20)11(5-9(10)13(17)18)15-3-1-8-2-4-21-7-8/h5-6,8,15H,1-4,7H2,(H,17,18). The molecule has 8 heteroatoms. The fourth-order valence-electron chi connectivity index (χ4n) is 2.24. The summed E-state index contributed by atoms with van der Waals surface area (Å²) < 4.78 is 18.7. The van der Waals surface area contributed by atoms with E-state index in [0.717, 1.165) is 18.9 Å². The molecule has 0 spiro atoms. The number of rotatable bonds is 6. The number of benzene rings is 1. The van der Waals surface area contributed by atoms with Gasteiger partial charge in [0.25, 0.3) is 5.69 Å². The average Bonchev–Trinajstić information content (AvgIpc) is 2.92. The molecule has 21 heavy (non-hydrogen) atoms. The molecule has 1 aliphatic rings. The molecule has 0 bridgehead atoms. The summed E-state index contributed by atoms with van der Waals surface area (Å²) in [6.07, 6.45) is 1.69. The number of hydrogen-bond donors (Lipinski definition) is 2. The highest BCUT2D eigenvalue weighted by Gasteiger charge is 2.22. The van der Waals surface area contributed by atoms with E-state index in [9.17, 15) is 19.3 Å². The average molecular weight is 298 g/mol. The summed E-state index contributed by atoms with van der Waals surface area (Å²) >= 11 is 0. The molecule has 0 aliphatic carbocycles. The second-order valence-electron chi connectivity index (χ2n) is 4.86. The Morgan fingerprint density at radius 2 is 2.33 bits per heavy atom. The Hall–Kier alpha value is -2.22. The van der Waals surface area contributed by atoms with E-state index in [-0.39, 0.29) is 5.69 Å². The zero-order chi connectivity index (χ0) is 15.4. The Kier molecular flexibility index (Phi) is 4.69. The van der Waals surface area contributed by atoms with Crippen molar-refractivity contribution in [3.05, 3.63) is 33.6 Å². The van der Waals surface area contributed by atoms with Crippen LogP contribution in [0.15, 0.2) is 12.1 Å². The van der Waals surface area contributed by atoms with Crippen molar-refractivity contribution in [1.82, 2.24) is 0 Å². The first-order valence-corrected chi connectivity index (χ1v) is 6.52. The van der Waals surface area contributed by atoms with E-state index in [1.54, 1.807) is 0 Å². The summed E-state index contributed by atoms with van der Waals surface area (Å²) in [6.45, 7) is 1.80. The van der Waals surface area contributed by atoms with Crippen molar-refractivity contribution in [2.24, 2.45) is 5.92 Å². The number of nitrogens with one attached hydrogen (secondary N) is 1. The van der Waals surface area contributed by atoms with Gasteiger partial charge in [-0.2, -0.15) is 0 Å². The van der Waals surface area contributed by atoms with Crippen LogP contribution in [0.1, 0.15) is 23.2 Å². The number of hydrogen-bond acceptors (Lipinski definition) is 5. The maximum absolute atomic E-state index is 13.5. The van der Waals surface area contributed by atoms with Crippen LogP contribution >= 0.6 is 0 Å². The molecule has 7 nitrogen and oxygen atoms in total. The molecule has 1 fully saturated rings. The Morgan fingerprint density at radius 1 is 1.57 bits per heavy atom. The summed E-state index contributed by atoms with van der Waals surface area (Å²) in [4.78, 5) is 21.0. The first-order chi connectivity index (χ1) is 9.99. The monoisotopic (exact) mass is 298 g/mol. The maximum atomic E-state index is 13.5. The van der Waals surface area contributed by atoms with Gasteiger partial charge in [0.05, 0.1) is 16.6 Å². The number of nitrogens with zero attached hydrogens (tertiary/aromatic N) is 1. The van der Waals surface area contributed by atoms with Crippen molar-refractivity contribution < 1.29 is 24.0 Å². The third-order valence-corrected chi connectivity index (χ3v) is 3.40. The third kappa shape index (κ3) is 3.66. The van der Waals surface area contributed by atoms with E-state index < -0.39 is 28.0 Å². The second-order valence-corrected chi connectivity index (χ2v) is 4.86. The maximum Gasteiger partial charge on any atom is 0.338 e. The number of carboxylic acid groups (broad SMARTS) is 1. The van der Waals surface area contributed by atoms with Crippen LogP contribution < -0.4 is 5.32 Å². The highest BCUT2D eigenvalue weighted by molar-refractivity contribution is 5.90. The summed E-state index contributed by atoms with van der Waals surface area (Å²) in [7, 11) is 0. The summed E-state index contributed by atoms with van der Waals surface area (Å²) in [5.74, 6) is -2.20. The molecule has 2 rings (SSSR count). The van der Waals surface area contributed by atoms with Gasteiger partial charge in [-0.1, -0.05) is 0 Å². The molecular formula is C13H15FN2O5. The Morgan fingerprint density at radius 3 is 2.90 bits per heavy atom. The van der Waals surface area contributed by atoms with Crippen LogP contribution in [0.3, 0.4) is 0 Å². The van der Waals surface area contributed by atoms with Gasteiger partial charge in [0.1, 0.15) is 11.5 Å². The third-order valence-electron chi connectivity index (χ3n) is 3.40. The zero-order valence-corrected chi connectivity index (χ0v) is 11.2. The molecular weight excluding hydrogens is 283 g/mol. The summed E-state index contributed by atoms with van der Waals surface area (Å²) in [5.41, 5.74) is -1.05. The van der Waals surface area contributed by atoms with Crippen molar-refractivity contribution in [3.63, 3.8) is 0 Å². The van der Waals surface area contributed by atoms with Crippen LogP contribution in [-0.2, 0) is 4.74 Å². The van der Waals surface area contributed by atoms with E-state index in [1.165, 1.54) is 0 Å². The van der Waals surface area contributed by atoms with E-state index in [0.29, 0.717) is 31.7 Å². The molecule has 1 atom stereocenters. The van der Waals surface area contributed by atoms with Gasteiger partial charge in [-0.25, -0.2) is 9.18 Å². The summed E-state index contributed by atoms with van der Waals surface area (Å²) in [5, 5.41) is 22.6. The molecule has 2 N–H and O–H groups in total. The smallest absolute Gasteiger partial charge is 0.338 e. The molecule has 0 radical (unpaired) electrons. The van der Waals surface area contributed by atoms with Crippen molar-refractivity contribution in [3.8, 4) is 0 Å². The van der Waals surface area contributed by atoms with Crippen LogP contribution in [-0.4, -0.2) is 35.8 Å². The fraction of sp³-hybridized carbons (Fsp3) is 0.462. The Balaban J connectivity index is 2.13. The number of halogens is 1. The first-order valence-electron chi connectivity index (χ1n) is 6.52. The molecule has 1 unspecified atom stereocenters.